The molecular formula is C16H23NOS2. The lowest BCUT2D eigenvalue weighted by molar-refractivity contribution is 0.446. The summed E-state index contributed by atoms with van der Waals surface area (Å²) in [6, 6.07) is 4.22. The SMILES string of the molecule is Cc1ccc(O)c2c1C(C)CC2NCC1CSCCS1. The molecule has 4 heteroatoms. The van der Waals surface area contributed by atoms with Crippen molar-refractivity contribution in [3.8, 4) is 5.75 Å². The Morgan fingerprint density at radius 1 is 1.30 bits per heavy atom. The minimum Gasteiger partial charge on any atom is -0.508 e. The van der Waals surface area contributed by atoms with Crippen molar-refractivity contribution in [3.63, 3.8) is 0 Å². The standard InChI is InChI=1S/C16H23NOS2/c1-10-3-4-14(18)16-13(7-11(2)15(10)16)17-8-12-9-19-5-6-20-12/h3-4,11-13,17-18H,5-9H2,1-2H3. The van der Waals surface area contributed by atoms with Crippen LogP contribution >= 0.6 is 23.5 Å². The van der Waals surface area contributed by atoms with Crippen LogP contribution in [0.1, 0.15) is 42.0 Å². The van der Waals surface area contributed by atoms with E-state index < -0.39 is 0 Å². The van der Waals surface area contributed by atoms with E-state index in [1.807, 2.05) is 12.1 Å². The van der Waals surface area contributed by atoms with Gasteiger partial charge in [0.25, 0.3) is 0 Å². The highest BCUT2D eigenvalue weighted by Crippen LogP contribution is 2.46. The molecule has 2 aliphatic rings. The molecule has 1 heterocycles. The van der Waals surface area contributed by atoms with Crippen molar-refractivity contribution in [2.24, 2.45) is 0 Å². The van der Waals surface area contributed by atoms with Crippen molar-refractivity contribution in [1.29, 1.82) is 0 Å². The third-order valence-corrected chi connectivity index (χ3v) is 7.23. The van der Waals surface area contributed by atoms with Crippen LogP contribution in [0.2, 0.25) is 0 Å². The maximum absolute atomic E-state index is 10.2. The first-order chi connectivity index (χ1) is 9.66. The zero-order chi connectivity index (χ0) is 14.1. The molecule has 1 aliphatic carbocycles. The van der Waals surface area contributed by atoms with Gasteiger partial charge in [-0.2, -0.15) is 23.5 Å². The van der Waals surface area contributed by atoms with Gasteiger partial charge in [0.05, 0.1) is 0 Å². The second-order valence-corrected chi connectivity index (χ2v) is 8.45. The average molecular weight is 310 g/mol. The molecule has 1 aromatic carbocycles. The highest BCUT2D eigenvalue weighted by atomic mass is 32.2. The van der Waals surface area contributed by atoms with E-state index in [4.69, 9.17) is 0 Å². The maximum atomic E-state index is 10.2. The molecule has 0 bridgehead atoms. The van der Waals surface area contributed by atoms with Gasteiger partial charge in [0.1, 0.15) is 5.75 Å². The Bertz CT molecular complexity index is 486. The Kier molecular flexibility index (Phi) is 4.53. The van der Waals surface area contributed by atoms with Gasteiger partial charge in [-0.15, -0.1) is 0 Å². The zero-order valence-corrected chi connectivity index (χ0v) is 13.8. The number of phenolic OH excluding ortho intramolecular Hbond substituents is 1. The van der Waals surface area contributed by atoms with Crippen LogP contribution in [0.25, 0.3) is 0 Å². The van der Waals surface area contributed by atoms with E-state index in [0.29, 0.717) is 17.7 Å². The zero-order valence-electron chi connectivity index (χ0n) is 12.2. The van der Waals surface area contributed by atoms with Gasteiger partial charge in [0, 0.05) is 40.7 Å². The summed E-state index contributed by atoms with van der Waals surface area (Å²) in [5.74, 6) is 4.84. The number of rotatable bonds is 3. The van der Waals surface area contributed by atoms with Gasteiger partial charge in [0.2, 0.25) is 0 Å². The first-order valence-corrected chi connectivity index (χ1v) is 9.62. The van der Waals surface area contributed by atoms with Gasteiger partial charge >= 0.3 is 0 Å². The molecule has 0 saturated carbocycles. The normalized spacial score (nSPS) is 29.4. The number of hydrogen-bond donors (Lipinski definition) is 2. The predicted octanol–water partition coefficient (Wildman–Crippen LogP) is 3.69. The summed E-state index contributed by atoms with van der Waals surface area (Å²) in [5.41, 5.74) is 3.84. The number of fused-ring (bicyclic) bond motifs is 1. The lowest BCUT2D eigenvalue weighted by Gasteiger charge is -2.24. The Hall–Kier alpha value is -0.320. The minimum atomic E-state index is 0.326. The number of benzene rings is 1. The number of hydrogen-bond acceptors (Lipinski definition) is 4. The van der Waals surface area contributed by atoms with E-state index >= 15 is 0 Å². The number of phenols is 1. The van der Waals surface area contributed by atoms with Crippen LogP contribution < -0.4 is 5.32 Å². The Balaban J connectivity index is 1.72. The molecule has 110 valence electrons. The highest BCUT2D eigenvalue weighted by Gasteiger charge is 2.32. The largest absolute Gasteiger partial charge is 0.508 e. The summed E-state index contributed by atoms with van der Waals surface area (Å²) in [5, 5.41) is 14.7. The van der Waals surface area contributed by atoms with Crippen molar-refractivity contribution < 1.29 is 5.11 Å². The number of aromatic hydroxyl groups is 1. The van der Waals surface area contributed by atoms with Crippen LogP contribution in [0.5, 0.6) is 5.75 Å². The third-order valence-electron chi connectivity index (χ3n) is 4.39. The molecule has 1 fully saturated rings. The molecule has 0 aromatic heterocycles. The quantitative estimate of drug-likeness (QED) is 0.892. The van der Waals surface area contributed by atoms with Crippen LogP contribution in [0.4, 0.5) is 0 Å². The Morgan fingerprint density at radius 2 is 2.15 bits per heavy atom. The van der Waals surface area contributed by atoms with E-state index in [1.165, 1.54) is 28.4 Å². The highest BCUT2D eigenvalue weighted by molar-refractivity contribution is 8.06. The number of aryl methyl sites for hydroxylation is 1. The van der Waals surface area contributed by atoms with Crippen molar-refractivity contribution in [2.45, 2.75) is 37.5 Å². The first-order valence-electron chi connectivity index (χ1n) is 7.42. The van der Waals surface area contributed by atoms with Gasteiger partial charge in [0.15, 0.2) is 0 Å². The molecular weight excluding hydrogens is 286 g/mol. The monoisotopic (exact) mass is 309 g/mol. The average Bonchev–Trinajstić information content (AvgIpc) is 2.80. The number of thioether (sulfide) groups is 2. The van der Waals surface area contributed by atoms with Crippen LogP contribution in [-0.2, 0) is 0 Å². The molecule has 3 rings (SSSR count). The second-order valence-electron chi connectivity index (χ2n) is 5.89. The fourth-order valence-electron chi connectivity index (χ4n) is 3.46. The smallest absolute Gasteiger partial charge is 0.120 e. The van der Waals surface area contributed by atoms with Crippen molar-refractivity contribution >= 4 is 23.5 Å². The summed E-state index contributed by atoms with van der Waals surface area (Å²) >= 11 is 4.16. The second kappa shape index (κ2) is 6.20. The van der Waals surface area contributed by atoms with E-state index in [2.05, 4.69) is 42.7 Å². The molecule has 2 nitrogen and oxygen atoms in total. The Morgan fingerprint density at radius 3 is 2.90 bits per heavy atom. The van der Waals surface area contributed by atoms with E-state index in [0.717, 1.165) is 23.8 Å². The summed E-state index contributed by atoms with van der Waals surface area (Å²) in [4.78, 5) is 0. The predicted molar refractivity (Wildman–Crippen MR) is 90.2 cm³/mol. The van der Waals surface area contributed by atoms with Crippen LogP contribution in [0.15, 0.2) is 12.1 Å². The summed E-state index contributed by atoms with van der Waals surface area (Å²) in [6.45, 7) is 5.49. The number of nitrogens with one attached hydrogen (secondary N) is 1. The molecule has 0 radical (unpaired) electrons. The van der Waals surface area contributed by atoms with E-state index in [-0.39, 0.29) is 0 Å². The first kappa shape index (κ1) is 14.6. The molecule has 0 spiro atoms. The van der Waals surface area contributed by atoms with E-state index in [9.17, 15) is 5.11 Å². The molecule has 0 amide bonds. The van der Waals surface area contributed by atoms with Crippen LogP contribution in [0, 0.1) is 6.92 Å². The summed E-state index contributed by atoms with van der Waals surface area (Å²) in [7, 11) is 0. The van der Waals surface area contributed by atoms with Crippen LogP contribution in [0.3, 0.4) is 0 Å². The Labute approximate surface area is 130 Å². The van der Waals surface area contributed by atoms with E-state index in [1.54, 1.807) is 0 Å². The van der Waals surface area contributed by atoms with Crippen molar-refractivity contribution in [3.05, 3.63) is 28.8 Å². The van der Waals surface area contributed by atoms with Crippen LogP contribution in [-0.4, -0.2) is 34.2 Å². The molecule has 20 heavy (non-hydrogen) atoms. The lowest BCUT2D eigenvalue weighted by Crippen LogP contribution is -2.31. The molecule has 2 N–H and O–H groups in total. The molecule has 3 unspecified atom stereocenters. The fraction of sp³-hybridized carbons (Fsp3) is 0.625. The van der Waals surface area contributed by atoms with Gasteiger partial charge in [-0.3, -0.25) is 0 Å². The summed E-state index contributed by atoms with van der Waals surface area (Å²) in [6.07, 6.45) is 1.11. The molecule has 3 atom stereocenters. The van der Waals surface area contributed by atoms with Gasteiger partial charge in [-0.1, -0.05) is 13.0 Å². The third kappa shape index (κ3) is 2.83. The van der Waals surface area contributed by atoms with Gasteiger partial charge < -0.3 is 10.4 Å². The van der Waals surface area contributed by atoms with Crippen molar-refractivity contribution in [2.75, 3.05) is 23.8 Å². The molecule has 1 aliphatic heterocycles. The maximum Gasteiger partial charge on any atom is 0.120 e. The topological polar surface area (TPSA) is 32.3 Å². The van der Waals surface area contributed by atoms with Crippen molar-refractivity contribution in [1.82, 2.24) is 5.32 Å². The minimum absolute atomic E-state index is 0.326. The van der Waals surface area contributed by atoms with Gasteiger partial charge in [-0.25, -0.2) is 0 Å². The fourth-order valence-corrected chi connectivity index (χ4v) is 6.08. The summed E-state index contributed by atoms with van der Waals surface area (Å²) < 4.78 is 0. The molecule has 1 saturated heterocycles. The molecule has 1 aromatic rings. The lowest BCUT2D eigenvalue weighted by atomic mass is 9.97. The van der Waals surface area contributed by atoms with Gasteiger partial charge in [-0.05, 0) is 36.5 Å².